The summed E-state index contributed by atoms with van der Waals surface area (Å²) < 4.78 is 5.62. The highest BCUT2D eigenvalue weighted by molar-refractivity contribution is 5.06. The molecule has 2 rings (SSSR count). The summed E-state index contributed by atoms with van der Waals surface area (Å²) in [5.74, 6) is 2.69. The van der Waals surface area contributed by atoms with Gasteiger partial charge in [-0.2, -0.15) is 0 Å². The SMILES string of the molecule is Cc1ccc(CN2C[C@@H](CN(C)CCO)[C@@H](CO)C2)o1. The zero-order valence-corrected chi connectivity index (χ0v) is 12.5. The first-order chi connectivity index (χ1) is 9.62. The average molecular weight is 282 g/mol. The molecular weight excluding hydrogens is 256 g/mol. The van der Waals surface area contributed by atoms with Crippen molar-refractivity contribution in [3.8, 4) is 0 Å². The van der Waals surface area contributed by atoms with Crippen molar-refractivity contribution in [2.24, 2.45) is 11.8 Å². The molecule has 0 saturated carbocycles. The van der Waals surface area contributed by atoms with E-state index >= 15 is 0 Å². The van der Waals surface area contributed by atoms with Gasteiger partial charge >= 0.3 is 0 Å². The third-order valence-corrected chi connectivity index (χ3v) is 4.09. The van der Waals surface area contributed by atoms with E-state index in [9.17, 15) is 5.11 Å². The minimum Gasteiger partial charge on any atom is -0.465 e. The quantitative estimate of drug-likeness (QED) is 0.765. The summed E-state index contributed by atoms with van der Waals surface area (Å²) in [6, 6.07) is 4.01. The van der Waals surface area contributed by atoms with Gasteiger partial charge < -0.3 is 19.5 Å². The maximum Gasteiger partial charge on any atom is 0.118 e. The minimum atomic E-state index is 0.183. The number of likely N-dealkylation sites (tertiary alicyclic amines) is 1. The van der Waals surface area contributed by atoms with E-state index in [1.54, 1.807) is 0 Å². The van der Waals surface area contributed by atoms with E-state index in [1.807, 2.05) is 26.1 Å². The van der Waals surface area contributed by atoms with Gasteiger partial charge in [-0.3, -0.25) is 4.90 Å². The van der Waals surface area contributed by atoms with Crippen molar-refractivity contribution >= 4 is 0 Å². The van der Waals surface area contributed by atoms with Crippen molar-refractivity contribution in [3.05, 3.63) is 23.7 Å². The molecule has 20 heavy (non-hydrogen) atoms. The molecule has 114 valence electrons. The molecule has 0 aliphatic carbocycles. The Labute approximate surface area is 120 Å². The number of furan rings is 1. The topological polar surface area (TPSA) is 60.1 Å². The van der Waals surface area contributed by atoms with Crippen molar-refractivity contribution in [1.29, 1.82) is 0 Å². The number of nitrogens with zero attached hydrogens (tertiary/aromatic N) is 2. The molecule has 1 aromatic heterocycles. The van der Waals surface area contributed by atoms with Gasteiger partial charge in [-0.25, -0.2) is 0 Å². The number of hydrogen-bond acceptors (Lipinski definition) is 5. The Bertz CT molecular complexity index is 408. The summed E-state index contributed by atoms with van der Waals surface area (Å²) in [7, 11) is 2.02. The van der Waals surface area contributed by atoms with Gasteiger partial charge in [0, 0.05) is 32.8 Å². The van der Waals surface area contributed by atoms with E-state index < -0.39 is 0 Å². The van der Waals surface area contributed by atoms with Gasteiger partial charge in [0.1, 0.15) is 11.5 Å². The van der Waals surface area contributed by atoms with Crippen LogP contribution in [0.4, 0.5) is 0 Å². The summed E-state index contributed by atoms with van der Waals surface area (Å²) in [4.78, 5) is 4.48. The molecule has 2 N–H and O–H groups in total. The molecule has 0 amide bonds. The summed E-state index contributed by atoms with van der Waals surface area (Å²) in [5, 5.41) is 18.5. The van der Waals surface area contributed by atoms with Crippen LogP contribution in [-0.2, 0) is 6.54 Å². The second kappa shape index (κ2) is 7.22. The zero-order valence-electron chi connectivity index (χ0n) is 12.5. The normalized spacial score (nSPS) is 23.9. The molecule has 1 aliphatic heterocycles. The molecule has 0 spiro atoms. The number of aliphatic hydroxyl groups excluding tert-OH is 2. The van der Waals surface area contributed by atoms with Crippen LogP contribution in [0, 0.1) is 18.8 Å². The van der Waals surface area contributed by atoms with Crippen LogP contribution in [0.1, 0.15) is 11.5 Å². The van der Waals surface area contributed by atoms with E-state index in [4.69, 9.17) is 9.52 Å². The van der Waals surface area contributed by atoms with Gasteiger partial charge in [-0.05, 0) is 37.9 Å². The van der Waals surface area contributed by atoms with Gasteiger partial charge in [-0.15, -0.1) is 0 Å². The Morgan fingerprint density at radius 3 is 2.65 bits per heavy atom. The number of aryl methyl sites for hydroxylation is 1. The Hall–Kier alpha value is -0.880. The fourth-order valence-corrected chi connectivity index (χ4v) is 3.03. The van der Waals surface area contributed by atoms with Crippen LogP contribution < -0.4 is 0 Å². The lowest BCUT2D eigenvalue weighted by molar-refractivity contribution is 0.160. The molecule has 1 aliphatic rings. The number of rotatable bonds is 7. The first-order valence-corrected chi connectivity index (χ1v) is 7.30. The molecule has 0 unspecified atom stereocenters. The fraction of sp³-hybridized carbons (Fsp3) is 0.733. The number of aliphatic hydroxyl groups is 2. The molecule has 0 bridgehead atoms. The molecule has 2 atom stereocenters. The van der Waals surface area contributed by atoms with Gasteiger partial charge in [0.15, 0.2) is 0 Å². The van der Waals surface area contributed by atoms with Crippen molar-refractivity contribution in [3.63, 3.8) is 0 Å². The van der Waals surface area contributed by atoms with Crippen molar-refractivity contribution in [2.75, 3.05) is 46.4 Å². The maximum absolute atomic E-state index is 9.55. The van der Waals surface area contributed by atoms with Crippen LogP contribution in [0.3, 0.4) is 0 Å². The Balaban J connectivity index is 1.88. The summed E-state index contributed by atoms with van der Waals surface area (Å²) in [6.45, 7) is 6.66. The Morgan fingerprint density at radius 1 is 1.30 bits per heavy atom. The van der Waals surface area contributed by atoms with Crippen molar-refractivity contribution in [2.45, 2.75) is 13.5 Å². The molecule has 5 nitrogen and oxygen atoms in total. The number of likely N-dealkylation sites (N-methyl/N-ethyl adjacent to an activating group) is 1. The van der Waals surface area contributed by atoms with E-state index in [2.05, 4.69) is 9.80 Å². The van der Waals surface area contributed by atoms with Crippen molar-refractivity contribution < 1.29 is 14.6 Å². The van der Waals surface area contributed by atoms with Crippen LogP contribution in [0.25, 0.3) is 0 Å². The second-order valence-corrected chi connectivity index (χ2v) is 5.90. The fourth-order valence-electron chi connectivity index (χ4n) is 3.03. The monoisotopic (exact) mass is 282 g/mol. The average Bonchev–Trinajstić information content (AvgIpc) is 2.96. The summed E-state index contributed by atoms with van der Waals surface area (Å²) >= 11 is 0. The predicted octanol–water partition coefficient (Wildman–Crippen LogP) is 0.552. The highest BCUT2D eigenvalue weighted by Gasteiger charge is 2.33. The van der Waals surface area contributed by atoms with E-state index in [0.29, 0.717) is 18.4 Å². The predicted molar refractivity (Wildman–Crippen MR) is 77.4 cm³/mol. The van der Waals surface area contributed by atoms with Gasteiger partial charge in [0.05, 0.1) is 13.2 Å². The molecule has 5 heteroatoms. The van der Waals surface area contributed by atoms with Crippen molar-refractivity contribution in [1.82, 2.24) is 9.80 Å². The lowest BCUT2D eigenvalue weighted by Crippen LogP contribution is -2.32. The van der Waals surface area contributed by atoms with E-state index in [-0.39, 0.29) is 13.2 Å². The highest BCUT2D eigenvalue weighted by atomic mass is 16.3. The molecular formula is C15H26N2O3. The minimum absolute atomic E-state index is 0.183. The zero-order chi connectivity index (χ0) is 14.5. The smallest absolute Gasteiger partial charge is 0.118 e. The standard InChI is InChI=1S/C15H26N2O3/c1-12-3-4-15(20-12)10-17-8-13(14(9-17)11-19)7-16(2)5-6-18/h3-4,13-14,18-19H,5-11H2,1-2H3/t13-,14-/m1/s1. The van der Waals surface area contributed by atoms with Gasteiger partial charge in [-0.1, -0.05) is 0 Å². The lowest BCUT2D eigenvalue weighted by Gasteiger charge is -2.23. The van der Waals surface area contributed by atoms with E-state index in [0.717, 1.165) is 37.7 Å². The third-order valence-electron chi connectivity index (χ3n) is 4.09. The first kappa shape index (κ1) is 15.5. The molecule has 1 aromatic rings. The summed E-state index contributed by atoms with van der Waals surface area (Å²) in [6.07, 6.45) is 0. The second-order valence-electron chi connectivity index (χ2n) is 5.90. The van der Waals surface area contributed by atoms with Gasteiger partial charge in [0.25, 0.3) is 0 Å². The number of hydrogen-bond donors (Lipinski definition) is 2. The molecule has 1 saturated heterocycles. The first-order valence-electron chi connectivity index (χ1n) is 7.30. The van der Waals surface area contributed by atoms with Crippen LogP contribution in [0.2, 0.25) is 0 Å². The highest BCUT2D eigenvalue weighted by Crippen LogP contribution is 2.25. The largest absolute Gasteiger partial charge is 0.465 e. The van der Waals surface area contributed by atoms with Crippen LogP contribution >= 0.6 is 0 Å². The van der Waals surface area contributed by atoms with Gasteiger partial charge in [0.2, 0.25) is 0 Å². The van der Waals surface area contributed by atoms with Crippen LogP contribution in [-0.4, -0.2) is 66.5 Å². The molecule has 0 radical (unpaired) electrons. The van der Waals surface area contributed by atoms with E-state index in [1.165, 1.54) is 0 Å². The Kier molecular flexibility index (Phi) is 5.60. The van der Waals surface area contributed by atoms with Crippen LogP contribution in [0.15, 0.2) is 16.5 Å². The molecule has 1 fully saturated rings. The third kappa shape index (κ3) is 4.06. The Morgan fingerprint density at radius 2 is 2.05 bits per heavy atom. The molecule has 2 heterocycles. The lowest BCUT2D eigenvalue weighted by atomic mass is 9.96. The molecule has 0 aromatic carbocycles. The maximum atomic E-state index is 9.55. The summed E-state index contributed by atoms with van der Waals surface area (Å²) in [5.41, 5.74) is 0. The van der Waals surface area contributed by atoms with Crippen LogP contribution in [0.5, 0.6) is 0 Å².